The molecule has 0 atom stereocenters. The molecule has 0 bridgehead atoms. The minimum Gasteiger partial charge on any atom is -0.478 e. The summed E-state index contributed by atoms with van der Waals surface area (Å²) in [7, 11) is 0. The van der Waals surface area contributed by atoms with E-state index in [2.05, 4.69) is 4.98 Å². The zero-order chi connectivity index (χ0) is 14.7. The van der Waals surface area contributed by atoms with Crippen molar-refractivity contribution in [3.63, 3.8) is 0 Å². The number of rotatable bonds is 6. The van der Waals surface area contributed by atoms with Crippen molar-refractivity contribution >= 4 is 22.9 Å². The highest BCUT2D eigenvalue weighted by Gasteiger charge is 2.10. The molecule has 2 aromatic rings. The van der Waals surface area contributed by atoms with E-state index in [-0.39, 0.29) is 11.5 Å². The molecule has 20 heavy (non-hydrogen) atoms. The summed E-state index contributed by atoms with van der Waals surface area (Å²) in [5.41, 5.74) is 6.94. The zero-order valence-electron chi connectivity index (χ0n) is 11.3. The van der Waals surface area contributed by atoms with Gasteiger partial charge in [0, 0.05) is 13.0 Å². The van der Waals surface area contributed by atoms with Gasteiger partial charge in [0.15, 0.2) is 0 Å². The molecule has 1 aromatic carbocycles. The third kappa shape index (κ3) is 2.96. The Morgan fingerprint density at radius 1 is 1.35 bits per heavy atom. The van der Waals surface area contributed by atoms with E-state index in [0.717, 1.165) is 23.3 Å². The number of unbranched alkanes of at least 4 members (excludes halogenated alkanes) is 1. The summed E-state index contributed by atoms with van der Waals surface area (Å²) < 4.78 is 1.97. The molecule has 0 spiro atoms. The van der Waals surface area contributed by atoms with E-state index in [1.165, 1.54) is 0 Å². The maximum absolute atomic E-state index is 11.0. The fraction of sp³-hybridized carbons (Fsp3) is 0.357. The summed E-state index contributed by atoms with van der Waals surface area (Å²) in [5, 5.41) is 9.04. The predicted molar refractivity (Wildman–Crippen MR) is 74.5 cm³/mol. The number of hydrogen-bond acceptors (Lipinski definition) is 3. The van der Waals surface area contributed by atoms with Gasteiger partial charge < -0.3 is 15.4 Å². The number of imidazole rings is 1. The van der Waals surface area contributed by atoms with Crippen LogP contribution in [0, 0.1) is 6.92 Å². The van der Waals surface area contributed by atoms with E-state index in [4.69, 9.17) is 10.8 Å². The Bertz CT molecular complexity index is 661. The molecule has 6 heteroatoms. The summed E-state index contributed by atoms with van der Waals surface area (Å²) >= 11 is 0. The summed E-state index contributed by atoms with van der Waals surface area (Å²) in [4.78, 5) is 26.1. The average molecular weight is 275 g/mol. The zero-order valence-corrected chi connectivity index (χ0v) is 11.3. The van der Waals surface area contributed by atoms with Gasteiger partial charge in [-0.1, -0.05) is 0 Å². The van der Waals surface area contributed by atoms with Gasteiger partial charge in [-0.05, 0) is 38.0 Å². The number of benzene rings is 1. The van der Waals surface area contributed by atoms with Crippen LogP contribution in [0.1, 0.15) is 35.4 Å². The lowest BCUT2D eigenvalue weighted by atomic mass is 10.2. The second kappa shape index (κ2) is 5.73. The van der Waals surface area contributed by atoms with Gasteiger partial charge in [0.2, 0.25) is 5.91 Å². The maximum Gasteiger partial charge on any atom is 0.335 e. The highest BCUT2D eigenvalue weighted by Crippen LogP contribution is 2.19. The van der Waals surface area contributed by atoms with Crippen LogP contribution in [0.15, 0.2) is 18.2 Å². The molecular weight excluding hydrogens is 258 g/mol. The number of carboxylic acid groups (broad SMARTS) is 1. The van der Waals surface area contributed by atoms with Crippen LogP contribution >= 0.6 is 0 Å². The predicted octanol–water partition coefficient (Wildman–Crippen LogP) is 1.70. The van der Waals surface area contributed by atoms with E-state index in [1.807, 2.05) is 11.5 Å². The van der Waals surface area contributed by atoms with Crippen molar-refractivity contribution in [1.29, 1.82) is 0 Å². The van der Waals surface area contributed by atoms with E-state index in [0.29, 0.717) is 19.4 Å². The van der Waals surface area contributed by atoms with Crippen LogP contribution in [0.3, 0.4) is 0 Å². The van der Waals surface area contributed by atoms with Crippen LogP contribution in [-0.2, 0) is 11.3 Å². The molecule has 0 unspecified atom stereocenters. The minimum atomic E-state index is -0.953. The number of primary amides is 1. The molecule has 106 valence electrons. The largest absolute Gasteiger partial charge is 0.478 e. The van der Waals surface area contributed by atoms with Crippen molar-refractivity contribution in [2.24, 2.45) is 5.73 Å². The van der Waals surface area contributed by atoms with E-state index in [9.17, 15) is 9.59 Å². The molecule has 0 saturated heterocycles. The van der Waals surface area contributed by atoms with Gasteiger partial charge in [-0.25, -0.2) is 9.78 Å². The molecule has 0 radical (unpaired) electrons. The van der Waals surface area contributed by atoms with Crippen molar-refractivity contribution in [1.82, 2.24) is 9.55 Å². The molecule has 2 rings (SSSR count). The second-order valence-electron chi connectivity index (χ2n) is 4.74. The van der Waals surface area contributed by atoms with Crippen LogP contribution in [0.4, 0.5) is 0 Å². The summed E-state index contributed by atoms with van der Waals surface area (Å²) in [5.74, 6) is -0.419. The molecule has 1 amide bonds. The van der Waals surface area contributed by atoms with Crippen molar-refractivity contribution in [3.8, 4) is 0 Å². The monoisotopic (exact) mass is 275 g/mol. The Balaban J connectivity index is 2.22. The van der Waals surface area contributed by atoms with E-state index in [1.54, 1.807) is 18.2 Å². The molecule has 3 N–H and O–H groups in total. The molecule has 0 aliphatic carbocycles. The first-order chi connectivity index (χ1) is 9.49. The Labute approximate surface area is 116 Å². The number of carboxylic acids is 1. The van der Waals surface area contributed by atoms with Gasteiger partial charge in [0.1, 0.15) is 5.82 Å². The highest BCUT2D eigenvalue weighted by atomic mass is 16.4. The number of amides is 1. The number of nitrogens with zero attached hydrogens (tertiary/aromatic N) is 2. The molecule has 0 aliphatic rings. The Morgan fingerprint density at radius 3 is 2.75 bits per heavy atom. The van der Waals surface area contributed by atoms with Crippen molar-refractivity contribution < 1.29 is 14.7 Å². The van der Waals surface area contributed by atoms with Gasteiger partial charge in [0.05, 0.1) is 16.6 Å². The van der Waals surface area contributed by atoms with Gasteiger partial charge in [0.25, 0.3) is 0 Å². The van der Waals surface area contributed by atoms with Crippen molar-refractivity contribution in [3.05, 3.63) is 29.6 Å². The molecule has 6 nitrogen and oxygen atoms in total. The third-order valence-corrected chi connectivity index (χ3v) is 3.24. The molecule has 1 heterocycles. The number of nitrogens with two attached hydrogens (primary N) is 1. The quantitative estimate of drug-likeness (QED) is 0.784. The van der Waals surface area contributed by atoms with E-state index < -0.39 is 5.97 Å². The molecule has 0 saturated carbocycles. The number of aryl methyl sites for hydroxylation is 2. The Hall–Kier alpha value is -2.37. The van der Waals surface area contributed by atoms with Gasteiger partial charge in [-0.2, -0.15) is 0 Å². The molecular formula is C14H17N3O3. The number of fused-ring (bicyclic) bond motifs is 1. The molecule has 1 aromatic heterocycles. The fourth-order valence-corrected chi connectivity index (χ4v) is 2.23. The maximum atomic E-state index is 11.0. The Kier molecular flexibility index (Phi) is 4.02. The van der Waals surface area contributed by atoms with E-state index >= 15 is 0 Å². The fourth-order valence-electron chi connectivity index (χ4n) is 2.23. The second-order valence-corrected chi connectivity index (χ2v) is 4.74. The first-order valence-corrected chi connectivity index (χ1v) is 6.47. The Morgan fingerprint density at radius 2 is 2.10 bits per heavy atom. The normalized spacial score (nSPS) is 10.8. The topological polar surface area (TPSA) is 98.2 Å². The lowest BCUT2D eigenvalue weighted by Gasteiger charge is -2.06. The van der Waals surface area contributed by atoms with Crippen molar-refractivity contribution in [2.45, 2.75) is 32.7 Å². The van der Waals surface area contributed by atoms with Crippen LogP contribution in [0.25, 0.3) is 11.0 Å². The summed E-state index contributed by atoms with van der Waals surface area (Å²) in [6.45, 7) is 2.58. The summed E-state index contributed by atoms with van der Waals surface area (Å²) in [6.07, 6.45) is 1.88. The number of aromatic carboxylic acids is 1. The van der Waals surface area contributed by atoms with Crippen LogP contribution in [0.2, 0.25) is 0 Å². The number of hydrogen-bond donors (Lipinski definition) is 2. The van der Waals surface area contributed by atoms with Gasteiger partial charge in [-0.15, -0.1) is 0 Å². The van der Waals surface area contributed by atoms with Crippen LogP contribution in [0.5, 0.6) is 0 Å². The number of carbonyl (C=O) groups is 2. The highest BCUT2D eigenvalue weighted by molar-refractivity contribution is 5.92. The average Bonchev–Trinajstić information content (AvgIpc) is 2.69. The van der Waals surface area contributed by atoms with Crippen molar-refractivity contribution in [2.75, 3.05) is 0 Å². The van der Waals surface area contributed by atoms with Crippen LogP contribution < -0.4 is 5.73 Å². The van der Waals surface area contributed by atoms with Crippen LogP contribution in [-0.4, -0.2) is 26.5 Å². The SMILES string of the molecule is Cc1nc2ccc(C(=O)O)cc2n1CCCCC(N)=O. The first kappa shape index (κ1) is 14.0. The lowest BCUT2D eigenvalue weighted by molar-refractivity contribution is -0.118. The smallest absolute Gasteiger partial charge is 0.335 e. The number of carbonyl (C=O) groups excluding carboxylic acids is 1. The van der Waals surface area contributed by atoms with Gasteiger partial charge >= 0.3 is 5.97 Å². The first-order valence-electron chi connectivity index (χ1n) is 6.47. The molecule has 0 aliphatic heterocycles. The minimum absolute atomic E-state index is 0.246. The summed E-state index contributed by atoms with van der Waals surface area (Å²) in [6, 6.07) is 4.89. The standard InChI is InChI=1S/C14H17N3O3/c1-9-16-11-6-5-10(14(19)20)8-12(11)17(9)7-3-2-4-13(15)18/h5-6,8H,2-4,7H2,1H3,(H2,15,18)(H,19,20). The lowest BCUT2D eigenvalue weighted by Crippen LogP contribution is -2.10. The third-order valence-electron chi connectivity index (χ3n) is 3.24. The molecule has 0 fully saturated rings. The number of aromatic nitrogens is 2. The van der Waals surface area contributed by atoms with Gasteiger partial charge in [-0.3, -0.25) is 4.79 Å².